The molecule has 1 atom stereocenters. The molecule has 1 N–H and O–H groups in total. The Labute approximate surface area is 170 Å². The van der Waals surface area contributed by atoms with Gasteiger partial charge in [0.15, 0.2) is 0 Å². The summed E-state index contributed by atoms with van der Waals surface area (Å²) >= 11 is 5.84. The number of aliphatic carboxylic acids is 1. The van der Waals surface area contributed by atoms with Crippen LogP contribution in [0.25, 0.3) is 0 Å². The van der Waals surface area contributed by atoms with E-state index in [1.54, 1.807) is 45.0 Å². The number of carbonyl (C=O) groups is 2. The Bertz CT molecular complexity index is 555. The van der Waals surface area contributed by atoms with Crippen molar-refractivity contribution in [2.75, 3.05) is 6.54 Å². The third-order valence-electron chi connectivity index (χ3n) is 3.20. The van der Waals surface area contributed by atoms with Gasteiger partial charge in [-0.15, -0.1) is 0 Å². The van der Waals surface area contributed by atoms with Crippen molar-refractivity contribution in [2.24, 2.45) is 0 Å². The van der Waals surface area contributed by atoms with Crippen molar-refractivity contribution in [2.45, 2.75) is 52.2 Å². The van der Waals surface area contributed by atoms with E-state index in [0.717, 1.165) is 0 Å². The summed E-state index contributed by atoms with van der Waals surface area (Å²) in [5, 5.41) is 10.1. The van der Waals surface area contributed by atoms with E-state index in [0.29, 0.717) is 10.6 Å². The summed E-state index contributed by atoms with van der Waals surface area (Å²) in [6.07, 6.45) is -0.521. The maximum atomic E-state index is 12.3. The number of carbonyl (C=O) groups excluding carboxylic acids is 1. The molecule has 24 heavy (non-hydrogen) atoms. The molecule has 0 aliphatic rings. The molecule has 5 nitrogen and oxygen atoms in total. The topological polar surface area (TPSA) is 66.8 Å². The van der Waals surface area contributed by atoms with Crippen molar-refractivity contribution < 1.29 is 19.4 Å². The molecule has 0 heterocycles. The van der Waals surface area contributed by atoms with Gasteiger partial charge < -0.3 is 14.7 Å². The molecule has 0 radical (unpaired) electrons. The molecule has 0 saturated heterocycles. The first-order chi connectivity index (χ1) is 10.5. The van der Waals surface area contributed by atoms with Crippen molar-refractivity contribution >= 4 is 53.2 Å². The van der Waals surface area contributed by atoms with E-state index in [1.807, 2.05) is 13.8 Å². The second-order valence-corrected chi connectivity index (χ2v) is 7.11. The van der Waals surface area contributed by atoms with Crippen LogP contribution in [0.1, 0.15) is 46.1 Å². The zero-order valence-corrected chi connectivity index (χ0v) is 14.9. The third-order valence-corrected chi connectivity index (χ3v) is 3.45. The standard InChI is InChI=1S/C17H24ClNO4.Na.H/c1-11(2)19(16(22)23-17(3,4)5)10-14(15(20)21)12-6-8-13(18)9-7-12;;/h6-9,11,14H,10H2,1-5H3,(H,20,21);;/t14-;;/m1../s1. The van der Waals surface area contributed by atoms with Gasteiger partial charge in [-0.1, -0.05) is 23.7 Å². The summed E-state index contributed by atoms with van der Waals surface area (Å²) in [7, 11) is 0. The number of rotatable bonds is 5. The molecule has 1 rings (SSSR count). The monoisotopic (exact) mass is 365 g/mol. The zero-order valence-electron chi connectivity index (χ0n) is 14.2. The van der Waals surface area contributed by atoms with Gasteiger partial charge >= 0.3 is 41.6 Å². The first kappa shape index (κ1) is 23.2. The van der Waals surface area contributed by atoms with Crippen molar-refractivity contribution in [1.29, 1.82) is 0 Å². The second kappa shape index (κ2) is 9.66. The van der Waals surface area contributed by atoms with Crippen LogP contribution in [-0.2, 0) is 9.53 Å². The van der Waals surface area contributed by atoms with Crippen LogP contribution in [0, 0.1) is 0 Å². The third kappa shape index (κ3) is 7.43. The van der Waals surface area contributed by atoms with Gasteiger partial charge in [0.2, 0.25) is 0 Å². The Morgan fingerprint density at radius 2 is 1.71 bits per heavy atom. The van der Waals surface area contributed by atoms with Crippen LogP contribution in [0.3, 0.4) is 0 Å². The fourth-order valence-electron chi connectivity index (χ4n) is 2.03. The van der Waals surface area contributed by atoms with E-state index in [4.69, 9.17) is 16.3 Å². The number of nitrogens with zero attached hydrogens (tertiary/aromatic N) is 1. The molecular weight excluding hydrogens is 341 g/mol. The number of amides is 1. The van der Waals surface area contributed by atoms with Crippen LogP contribution in [0.15, 0.2) is 24.3 Å². The molecule has 0 spiro atoms. The van der Waals surface area contributed by atoms with E-state index in [2.05, 4.69) is 0 Å². The first-order valence-corrected chi connectivity index (χ1v) is 7.87. The molecule has 0 bridgehead atoms. The molecule has 0 unspecified atom stereocenters. The minimum absolute atomic E-state index is 0. The van der Waals surface area contributed by atoms with Crippen LogP contribution in [0.2, 0.25) is 5.02 Å². The predicted octanol–water partition coefficient (Wildman–Crippen LogP) is 3.51. The normalized spacial score (nSPS) is 12.3. The molecule has 0 aliphatic carbocycles. The molecule has 0 fully saturated rings. The predicted molar refractivity (Wildman–Crippen MR) is 97.1 cm³/mol. The Morgan fingerprint density at radius 1 is 1.21 bits per heavy atom. The van der Waals surface area contributed by atoms with Gasteiger partial charge in [-0.25, -0.2) is 4.79 Å². The van der Waals surface area contributed by atoms with Crippen LogP contribution in [0.5, 0.6) is 0 Å². The summed E-state index contributed by atoms with van der Waals surface area (Å²) in [5.41, 5.74) is -0.0421. The van der Waals surface area contributed by atoms with Gasteiger partial charge in [-0.2, -0.15) is 0 Å². The molecule has 1 aromatic carbocycles. The summed E-state index contributed by atoms with van der Waals surface area (Å²) in [4.78, 5) is 25.4. The van der Waals surface area contributed by atoms with Gasteiger partial charge in [-0.3, -0.25) is 4.79 Å². The van der Waals surface area contributed by atoms with E-state index >= 15 is 0 Å². The summed E-state index contributed by atoms with van der Waals surface area (Å²) in [6.45, 7) is 9.00. The summed E-state index contributed by atoms with van der Waals surface area (Å²) < 4.78 is 5.37. The van der Waals surface area contributed by atoms with E-state index in [-0.39, 0.29) is 42.1 Å². The average molecular weight is 366 g/mol. The van der Waals surface area contributed by atoms with Crippen LogP contribution in [-0.4, -0.2) is 69.8 Å². The first-order valence-electron chi connectivity index (χ1n) is 7.49. The number of benzene rings is 1. The number of carboxylic acids is 1. The number of halogens is 1. The minimum atomic E-state index is -0.999. The van der Waals surface area contributed by atoms with E-state index in [9.17, 15) is 14.7 Å². The Kier molecular flexibility index (Phi) is 9.36. The SMILES string of the molecule is CC(C)N(C[C@@H](C(=O)O)c1ccc(Cl)cc1)C(=O)OC(C)(C)C.[NaH]. The average Bonchev–Trinajstić information content (AvgIpc) is 2.38. The fraction of sp³-hybridized carbons (Fsp3) is 0.529. The Balaban J connectivity index is 0.00000529. The van der Waals surface area contributed by atoms with Gasteiger partial charge in [0.1, 0.15) is 5.60 Å². The van der Waals surface area contributed by atoms with Crippen LogP contribution >= 0.6 is 11.6 Å². The number of hydrogen-bond donors (Lipinski definition) is 1. The molecule has 0 saturated carbocycles. The molecule has 1 amide bonds. The van der Waals surface area contributed by atoms with Crippen molar-refractivity contribution in [3.63, 3.8) is 0 Å². The van der Waals surface area contributed by atoms with Gasteiger partial charge in [0, 0.05) is 17.6 Å². The molecule has 0 aromatic heterocycles. The quantitative estimate of drug-likeness (QED) is 0.811. The zero-order chi connectivity index (χ0) is 17.8. The molecule has 1 aromatic rings. The number of ether oxygens (including phenoxy) is 1. The van der Waals surface area contributed by atoms with E-state index < -0.39 is 23.6 Å². The molecule has 0 aliphatic heterocycles. The van der Waals surface area contributed by atoms with Crippen LogP contribution < -0.4 is 0 Å². The van der Waals surface area contributed by atoms with Crippen molar-refractivity contribution in [1.82, 2.24) is 4.90 Å². The summed E-state index contributed by atoms with van der Waals surface area (Å²) in [6, 6.07) is 6.42. The second-order valence-electron chi connectivity index (χ2n) is 6.67. The van der Waals surface area contributed by atoms with E-state index in [1.165, 1.54) is 4.90 Å². The maximum absolute atomic E-state index is 12.3. The molecular formula is C17H25ClNNaO4. The van der Waals surface area contributed by atoms with Crippen LogP contribution in [0.4, 0.5) is 4.79 Å². The van der Waals surface area contributed by atoms with Gasteiger partial charge in [-0.05, 0) is 52.3 Å². The Morgan fingerprint density at radius 3 is 2.08 bits per heavy atom. The fourth-order valence-corrected chi connectivity index (χ4v) is 2.16. The van der Waals surface area contributed by atoms with Crippen molar-refractivity contribution in [3.05, 3.63) is 34.9 Å². The van der Waals surface area contributed by atoms with Gasteiger partial charge in [0.25, 0.3) is 0 Å². The van der Waals surface area contributed by atoms with Gasteiger partial charge in [0.05, 0.1) is 5.92 Å². The molecule has 7 heteroatoms. The molecule has 130 valence electrons. The summed E-state index contributed by atoms with van der Waals surface area (Å²) in [5.74, 6) is -1.84. The number of carboxylic acid groups (broad SMARTS) is 1. The Hall–Kier alpha value is -0.750. The van der Waals surface area contributed by atoms with Crippen molar-refractivity contribution in [3.8, 4) is 0 Å². The number of hydrogen-bond acceptors (Lipinski definition) is 3.